The lowest BCUT2D eigenvalue weighted by molar-refractivity contribution is -0.129. The van der Waals surface area contributed by atoms with Crippen molar-refractivity contribution in [3.63, 3.8) is 0 Å². The molecule has 0 aliphatic carbocycles. The fourth-order valence-electron chi connectivity index (χ4n) is 6.97. The Kier molecular flexibility index (Phi) is 20.7. The molecule has 5 N–H and O–H groups in total. The van der Waals surface area contributed by atoms with Crippen molar-refractivity contribution in [1.29, 1.82) is 0 Å². The van der Waals surface area contributed by atoms with Gasteiger partial charge in [-0.3, -0.25) is 38.7 Å². The highest BCUT2D eigenvalue weighted by Crippen LogP contribution is 2.31. The number of ether oxygens (including phenoxy) is 1. The van der Waals surface area contributed by atoms with Gasteiger partial charge in [-0.05, 0) is 74.3 Å². The van der Waals surface area contributed by atoms with E-state index in [2.05, 4.69) is 63.7 Å². The molecule has 0 bridgehead atoms. The topological polar surface area (TPSA) is 235 Å². The number of nitrogens with one attached hydrogen (secondary N) is 5. The van der Waals surface area contributed by atoms with Gasteiger partial charge in [0.2, 0.25) is 29.5 Å². The molecule has 1 aromatic heterocycles. The van der Waals surface area contributed by atoms with Crippen LogP contribution in [-0.2, 0) is 40.9 Å². The summed E-state index contributed by atoms with van der Waals surface area (Å²) in [5.41, 5.74) is 0.946. The Morgan fingerprint density at radius 1 is 0.908 bits per heavy atom. The van der Waals surface area contributed by atoms with E-state index in [0.717, 1.165) is 44.8 Å². The van der Waals surface area contributed by atoms with Gasteiger partial charge >= 0.3 is 10.5 Å². The second kappa shape index (κ2) is 25.8. The number of nitrogens with zero attached hydrogens (tertiary/aromatic N) is 3. The quantitative estimate of drug-likeness (QED) is 0.0422. The Balaban J connectivity index is 1.31. The molecule has 1 fully saturated rings. The van der Waals surface area contributed by atoms with Crippen molar-refractivity contribution in [1.82, 2.24) is 41.4 Å². The summed E-state index contributed by atoms with van der Waals surface area (Å²) >= 11 is 0. The first-order valence-corrected chi connectivity index (χ1v) is 23.4. The SMILES string of the molecule is CCCCCN(CCC)CC(=O)NCCNC(=O)CCC(NC(=O)Cc1cccc(OS(=O)(=O)F)c1)C(=O)NCCOc1ccc2nccc(C(=O)NCC(=O)N3CCC(F)(P)C3)c2c1. The lowest BCUT2D eigenvalue weighted by Crippen LogP contribution is -2.48. The van der Waals surface area contributed by atoms with Gasteiger partial charge in [0.05, 0.1) is 43.7 Å². The highest BCUT2D eigenvalue weighted by molar-refractivity contribution is 7.81. The molecule has 2 aromatic carbocycles. The lowest BCUT2D eigenvalue weighted by Gasteiger charge is -2.21. The summed E-state index contributed by atoms with van der Waals surface area (Å²) in [7, 11) is -3.21. The third-order valence-corrected chi connectivity index (χ3v) is 11.0. The van der Waals surface area contributed by atoms with Gasteiger partial charge in [0.15, 0.2) is 0 Å². The lowest BCUT2D eigenvalue weighted by atomic mass is 10.1. The van der Waals surface area contributed by atoms with Crippen LogP contribution < -0.4 is 35.5 Å². The van der Waals surface area contributed by atoms with Crippen LogP contribution in [0.1, 0.15) is 74.7 Å². The molecule has 1 aliphatic heterocycles. The smallest absolute Gasteiger partial charge is 0.488 e. The first kappa shape index (κ1) is 52.1. The van der Waals surface area contributed by atoms with Gasteiger partial charge < -0.3 is 40.4 Å². The predicted octanol–water partition coefficient (Wildman–Crippen LogP) is 2.47. The van der Waals surface area contributed by atoms with Crippen molar-refractivity contribution in [3.05, 3.63) is 65.9 Å². The summed E-state index contributed by atoms with van der Waals surface area (Å²) in [4.78, 5) is 85.4. The molecule has 65 heavy (non-hydrogen) atoms. The third kappa shape index (κ3) is 18.8. The fourth-order valence-corrected chi connectivity index (χ4v) is 7.65. The average Bonchev–Trinajstić information content (AvgIpc) is 3.62. The minimum atomic E-state index is -5.31. The number of benzene rings is 2. The average molecular weight is 949 g/mol. The van der Waals surface area contributed by atoms with Crippen LogP contribution in [0.5, 0.6) is 11.5 Å². The summed E-state index contributed by atoms with van der Waals surface area (Å²) < 4.78 is 59.3. The largest absolute Gasteiger partial charge is 0.492 e. The number of alkyl halides is 1. The zero-order chi connectivity index (χ0) is 47.4. The van der Waals surface area contributed by atoms with Gasteiger partial charge in [0.25, 0.3) is 5.91 Å². The van der Waals surface area contributed by atoms with E-state index in [-0.39, 0.29) is 101 Å². The van der Waals surface area contributed by atoms with E-state index >= 15 is 0 Å². The molecule has 0 saturated carbocycles. The number of hydrogen-bond acceptors (Lipinski definition) is 12. The number of unbranched alkanes of at least 4 members (excludes halogenated alkanes) is 2. The van der Waals surface area contributed by atoms with Crippen LogP contribution in [0.15, 0.2) is 54.7 Å². The van der Waals surface area contributed by atoms with Gasteiger partial charge in [-0.25, -0.2) is 4.39 Å². The molecule has 3 atom stereocenters. The van der Waals surface area contributed by atoms with Crippen molar-refractivity contribution in [3.8, 4) is 11.5 Å². The summed E-state index contributed by atoms with van der Waals surface area (Å²) in [6, 6.07) is 10.3. The number of aromatic nitrogens is 1. The Morgan fingerprint density at radius 2 is 1.68 bits per heavy atom. The summed E-state index contributed by atoms with van der Waals surface area (Å²) in [6.07, 6.45) is 5.08. The molecule has 0 spiro atoms. The maximum absolute atomic E-state index is 14.2. The molecule has 1 aliphatic rings. The molecule has 3 unspecified atom stereocenters. The number of amides is 6. The number of hydrogen-bond donors (Lipinski definition) is 5. The van der Waals surface area contributed by atoms with Crippen LogP contribution >= 0.6 is 9.24 Å². The van der Waals surface area contributed by atoms with Crippen LogP contribution in [0, 0.1) is 0 Å². The standard InChI is InChI=1S/C43H59F2N8O10PS/c1-3-5-6-21-52(20-4-2)28-39(56)48-18-17-47-37(54)13-12-36(51-38(55)25-30-8-7-9-32(24-30)63-65(45,60)61)42(59)49-19-23-62-31-10-11-35-34(26-31)33(14-16-46-35)41(58)50-27-40(57)53-22-15-43(44,64)29-53/h7-11,14,16,24,26,36H,3-6,12-13,15,17-23,25,27-29,64H2,1-2H3,(H,47,54)(H,48,56)(H,49,59)(H,50,58)(H,51,55). The van der Waals surface area contributed by atoms with E-state index in [1.807, 2.05) is 0 Å². The molecule has 6 amide bonds. The second-order valence-corrected chi connectivity index (χ2v) is 17.6. The fraction of sp³-hybridized carbons (Fsp3) is 0.512. The molecule has 1 saturated heterocycles. The van der Waals surface area contributed by atoms with E-state index in [0.29, 0.717) is 16.7 Å². The van der Waals surface area contributed by atoms with Crippen molar-refractivity contribution >= 4 is 66.1 Å². The Bertz CT molecular complexity index is 2240. The number of carbonyl (C=O) groups is 6. The van der Waals surface area contributed by atoms with E-state index in [4.69, 9.17) is 4.74 Å². The molecule has 3 aromatic rings. The number of halogens is 2. The minimum Gasteiger partial charge on any atom is -0.492 e. The molecule has 2 heterocycles. The van der Waals surface area contributed by atoms with Crippen LogP contribution in [0.25, 0.3) is 10.9 Å². The predicted molar refractivity (Wildman–Crippen MR) is 242 cm³/mol. The number of fused-ring (bicyclic) bond motifs is 1. The minimum absolute atomic E-state index is 0.0457. The first-order chi connectivity index (χ1) is 30.9. The number of likely N-dealkylation sites (tertiary alicyclic amines) is 1. The first-order valence-electron chi connectivity index (χ1n) is 21.6. The Hall–Kier alpha value is -5.53. The number of carbonyl (C=O) groups excluding carboxylic acids is 6. The maximum Gasteiger partial charge on any atom is 0.488 e. The Labute approximate surface area is 380 Å². The van der Waals surface area contributed by atoms with E-state index in [9.17, 15) is 45.5 Å². The molecule has 4 rings (SSSR count). The van der Waals surface area contributed by atoms with E-state index < -0.39 is 51.5 Å². The molecule has 18 nitrogen and oxygen atoms in total. The zero-order valence-corrected chi connectivity index (χ0v) is 38.6. The summed E-state index contributed by atoms with van der Waals surface area (Å²) in [5.74, 6) is -2.88. The summed E-state index contributed by atoms with van der Waals surface area (Å²) in [5, 5.41) is 12.3. The van der Waals surface area contributed by atoms with Gasteiger partial charge in [-0.2, -0.15) is 8.42 Å². The van der Waals surface area contributed by atoms with Crippen LogP contribution in [0.2, 0.25) is 0 Å². The van der Waals surface area contributed by atoms with Crippen molar-refractivity contribution in [2.45, 2.75) is 76.7 Å². The molecule has 356 valence electrons. The molecule has 22 heteroatoms. The third-order valence-electron chi connectivity index (χ3n) is 10.2. The van der Waals surface area contributed by atoms with Gasteiger partial charge in [0.1, 0.15) is 29.6 Å². The van der Waals surface area contributed by atoms with E-state index in [1.165, 1.54) is 35.4 Å². The van der Waals surface area contributed by atoms with Gasteiger partial charge in [-0.15, -0.1) is 0 Å². The second-order valence-electron chi connectivity index (χ2n) is 15.6. The zero-order valence-electron chi connectivity index (χ0n) is 36.7. The normalized spacial score (nSPS) is 15.3. The number of pyridine rings is 1. The van der Waals surface area contributed by atoms with Crippen LogP contribution in [0.3, 0.4) is 0 Å². The highest BCUT2D eigenvalue weighted by atomic mass is 32.3. The van der Waals surface area contributed by atoms with E-state index in [1.54, 1.807) is 18.2 Å². The monoisotopic (exact) mass is 948 g/mol. The molecular formula is C43H59F2N8O10PS. The molecule has 0 radical (unpaired) electrons. The Morgan fingerprint density at radius 3 is 2.38 bits per heavy atom. The van der Waals surface area contributed by atoms with Crippen molar-refractivity contribution in [2.75, 3.05) is 65.5 Å². The van der Waals surface area contributed by atoms with Gasteiger partial charge in [0, 0.05) is 44.1 Å². The van der Waals surface area contributed by atoms with Crippen molar-refractivity contribution in [2.24, 2.45) is 0 Å². The van der Waals surface area contributed by atoms with Gasteiger partial charge in [-0.1, -0.05) is 51.9 Å². The maximum atomic E-state index is 14.2. The molecular weight excluding hydrogens is 890 g/mol. The van der Waals surface area contributed by atoms with Crippen LogP contribution in [-0.4, -0.2) is 136 Å². The highest BCUT2D eigenvalue weighted by Gasteiger charge is 2.36. The number of rotatable bonds is 27. The van der Waals surface area contributed by atoms with Crippen molar-refractivity contribution < 1.29 is 54.4 Å². The van der Waals surface area contributed by atoms with Crippen LogP contribution in [0.4, 0.5) is 8.28 Å². The summed E-state index contributed by atoms with van der Waals surface area (Å²) in [6.45, 7) is 6.13.